The first kappa shape index (κ1) is 21.0. The second-order valence-corrected chi connectivity index (χ2v) is 5.50. The summed E-state index contributed by atoms with van der Waals surface area (Å²) in [6.45, 7) is 0. The van der Waals surface area contributed by atoms with Crippen molar-refractivity contribution in [1.29, 1.82) is 0 Å². The molecule has 0 unspecified atom stereocenters. The minimum Gasteiger partial charge on any atom is -0.464 e. The van der Waals surface area contributed by atoms with Gasteiger partial charge in [-0.15, -0.1) is 0 Å². The fourth-order valence-corrected chi connectivity index (χ4v) is 2.46. The molecule has 0 fully saturated rings. The van der Waals surface area contributed by atoms with Crippen LogP contribution in [0.3, 0.4) is 0 Å². The normalized spacial score (nSPS) is 12.5. The lowest BCUT2D eigenvalue weighted by Gasteiger charge is -2.09. The van der Waals surface area contributed by atoms with Gasteiger partial charge in [-0.1, -0.05) is 71.9 Å². The smallest absolute Gasteiger partial charge is 0.416 e. The van der Waals surface area contributed by atoms with Crippen LogP contribution in [0.15, 0.2) is 65.8 Å². The molecule has 0 heterocycles. The highest BCUT2D eigenvalue weighted by molar-refractivity contribution is 6.43. The molecular formula is C21H18F3NO3. The monoisotopic (exact) mass is 389 g/mol. The van der Waals surface area contributed by atoms with Crippen molar-refractivity contribution in [3.8, 4) is 0 Å². The van der Waals surface area contributed by atoms with Crippen molar-refractivity contribution in [2.24, 2.45) is 5.16 Å². The molecule has 0 saturated heterocycles. The maximum absolute atomic E-state index is 13.0. The van der Waals surface area contributed by atoms with E-state index in [4.69, 9.17) is 9.57 Å². The molecule has 28 heavy (non-hydrogen) atoms. The molecule has 0 bridgehead atoms. The number of methoxy groups -OCH3 is 1. The Morgan fingerprint density at radius 1 is 0.929 bits per heavy atom. The number of rotatable bonds is 6. The van der Waals surface area contributed by atoms with E-state index in [9.17, 15) is 18.0 Å². The van der Waals surface area contributed by atoms with Gasteiger partial charge in [-0.05, 0) is 17.2 Å². The topological polar surface area (TPSA) is 47.9 Å². The van der Waals surface area contributed by atoms with Crippen molar-refractivity contribution in [3.05, 3.63) is 82.9 Å². The van der Waals surface area contributed by atoms with E-state index in [1.807, 2.05) is 0 Å². The van der Waals surface area contributed by atoms with Crippen LogP contribution in [0.1, 0.15) is 22.3 Å². The molecule has 2 aromatic carbocycles. The molecule has 2 rings (SSSR count). The number of halogens is 3. The van der Waals surface area contributed by atoms with E-state index >= 15 is 0 Å². The van der Waals surface area contributed by atoms with E-state index in [0.29, 0.717) is 11.1 Å². The van der Waals surface area contributed by atoms with Crippen molar-refractivity contribution in [2.75, 3.05) is 14.2 Å². The van der Waals surface area contributed by atoms with Gasteiger partial charge in [0.1, 0.15) is 7.11 Å². The van der Waals surface area contributed by atoms with Gasteiger partial charge in [0.15, 0.2) is 5.71 Å². The van der Waals surface area contributed by atoms with Gasteiger partial charge in [-0.25, -0.2) is 4.79 Å². The molecular weight excluding hydrogens is 371 g/mol. The number of hydrogen-bond donors (Lipinski definition) is 0. The number of oxime groups is 1. The minimum atomic E-state index is -4.43. The lowest BCUT2D eigenvalue weighted by atomic mass is 10.0. The zero-order valence-electron chi connectivity index (χ0n) is 15.2. The Bertz CT molecular complexity index is 915. The predicted molar refractivity (Wildman–Crippen MR) is 102 cm³/mol. The molecule has 2 aromatic rings. The Hall–Kier alpha value is -3.35. The van der Waals surface area contributed by atoms with Crippen LogP contribution in [0.5, 0.6) is 0 Å². The molecule has 0 aliphatic heterocycles. The molecule has 0 atom stereocenters. The predicted octanol–water partition coefficient (Wildman–Crippen LogP) is 4.96. The quantitative estimate of drug-likeness (QED) is 0.304. The summed E-state index contributed by atoms with van der Waals surface area (Å²) >= 11 is 0. The van der Waals surface area contributed by atoms with E-state index in [1.165, 1.54) is 44.6 Å². The van der Waals surface area contributed by atoms with Crippen LogP contribution in [0.25, 0.3) is 12.2 Å². The Morgan fingerprint density at radius 2 is 1.50 bits per heavy atom. The molecule has 0 amide bonds. The van der Waals surface area contributed by atoms with Crippen molar-refractivity contribution < 1.29 is 27.5 Å². The van der Waals surface area contributed by atoms with Crippen molar-refractivity contribution >= 4 is 23.8 Å². The Kier molecular flexibility index (Phi) is 7.14. The van der Waals surface area contributed by atoms with Crippen molar-refractivity contribution in [3.63, 3.8) is 0 Å². The zero-order chi connectivity index (χ0) is 20.6. The van der Waals surface area contributed by atoms with Crippen LogP contribution < -0.4 is 0 Å². The molecule has 0 saturated carbocycles. The van der Waals surface area contributed by atoms with E-state index in [1.54, 1.807) is 36.4 Å². The van der Waals surface area contributed by atoms with Crippen LogP contribution in [0.2, 0.25) is 0 Å². The third-order valence-electron chi connectivity index (χ3n) is 3.71. The minimum absolute atomic E-state index is 0.0170. The van der Waals surface area contributed by atoms with Gasteiger partial charge in [-0.2, -0.15) is 13.2 Å². The summed E-state index contributed by atoms with van der Waals surface area (Å²) in [6, 6.07) is 12.2. The number of nitrogens with zero attached hydrogens (tertiary/aromatic N) is 1. The number of allylic oxidation sites excluding steroid dienone is 2. The number of esters is 1. The third kappa shape index (κ3) is 5.33. The summed E-state index contributed by atoms with van der Waals surface area (Å²) in [7, 11) is 2.54. The first-order valence-electron chi connectivity index (χ1n) is 8.18. The summed E-state index contributed by atoms with van der Waals surface area (Å²) in [6.07, 6.45) is 1.66. The average molecular weight is 389 g/mol. The first-order valence-corrected chi connectivity index (χ1v) is 8.18. The molecule has 146 valence electrons. The second-order valence-electron chi connectivity index (χ2n) is 5.50. The Balaban J connectivity index is 2.31. The van der Waals surface area contributed by atoms with E-state index in [2.05, 4.69) is 5.16 Å². The highest BCUT2D eigenvalue weighted by Gasteiger charge is 2.32. The van der Waals surface area contributed by atoms with E-state index < -0.39 is 17.7 Å². The fourth-order valence-electron chi connectivity index (χ4n) is 2.46. The highest BCUT2D eigenvalue weighted by Crippen LogP contribution is 2.32. The van der Waals surface area contributed by atoms with Crippen molar-refractivity contribution in [2.45, 2.75) is 6.18 Å². The SMILES string of the molecule is CON=C(C(=O)OC)c1ccccc1C=CC=Cc1ccccc1C(F)(F)F. The van der Waals surface area contributed by atoms with Crippen LogP contribution in [0, 0.1) is 0 Å². The van der Waals surface area contributed by atoms with Crippen LogP contribution in [0.4, 0.5) is 13.2 Å². The molecule has 0 aromatic heterocycles. The molecule has 7 heteroatoms. The molecule has 0 radical (unpaired) electrons. The number of carbonyl (C=O) groups excluding carboxylic acids is 1. The average Bonchev–Trinajstić information content (AvgIpc) is 2.69. The van der Waals surface area contributed by atoms with E-state index in [-0.39, 0.29) is 11.3 Å². The van der Waals surface area contributed by atoms with Gasteiger partial charge in [0.05, 0.1) is 12.7 Å². The lowest BCUT2D eigenvalue weighted by molar-refractivity contribution is -0.137. The Labute approximate surface area is 160 Å². The van der Waals surface area contributed by atoms with Gasteiger partial charge in [0, 0.05) is 5.56 Å². The first-order chi connectivity index (χ1) is 13.4. The molecule has 0 N–H and O–H groups in total. The summed E-state index contributed by atoms with van der Waals surface area (Å²) < 4.78 is 43.8. The Morgan fingerprint density at radius 3 is 2.11 bits per heavy atom. The number of ether oxygens (including phenoxy) is 1. The van der Waals surface area contributed by atoms with Crippen LogP contribution in [-0.2, 0) is 20.5 Å². The standard InChI is InChI=1S/C21H18F3NO3/c1-27-20(26)19(25-28-2)17-13-7-5-10-15(17)9-3-4-11-16-12-6-8-14-18(16)21(22,23)24/h3-14H,1-2H3. The number of alkyl halides is 3. The maximum atomic E-state index is 13.0. The van der Waals surface area contributed by atoms with Gasteiger partial charge < -0.3 is 9.57 Å². The van der Waals surface area contributed by atoms with Crippen LogP contribution >= 0.6 is 0 Å². The second kappa shape index (κ2) is 9.55. The number of carbonyl (C=O) groups is 1. The fraction of sp³-hybridized carbons (Fsp3) is 0.143. The molecule has 0 spiro atoms. The molecule has 0 aliphatic carbocycles. The number of benzene rings is 2. The number of hydrogen-bond acceptors (Lipinski definition) is 4. The van der Waals surface area contributed by atoms with Gasteiger partial charge >= 0.3 is 12.1 Å². The summed E-state index contributed by atoms with van der Waals surface area (Å²) in [5.41, 5.74) is 0.426. The van der Waals surface area contributed by atoms with Gasteiger partial charge in [0.2, 0.25) is 0 Å². The summed E-state index contributed by atoms with van der Waals surface area (Å²) in [5.74, 6) is -0.669. The highest BCUT2D eigenvalue weighted by atomic mass is 19.4. The largest absolute Gasteiger partial charge is 0.464 e. The third-order valence-corrected chi connectivity index (χ3v) is 3.71. The maximum Gasteiger partial charge on any atom is 0.416 e. The van der Waals surface area contributed by atoms with Gasteiger partial charge in [0.25, 0.3) is 0 Å². The van der Waals surface area contributed by atoms with E-state index in [0.717, 1.165) is 6.07 Å². The summed E-state index contributed by atoms with van der Waals surface area (Å²) in [5, 5.41) is 3.71. The van der Waals surface area contributed by atoms with Gasteiger partial charge in [-0.3, -0.25) is 0 Å². The van der Waals surface area contributed by atoms with Crippen molar-refractivity contribution in [1.82, 2.24) is 0 Å². The molecule has 0 aliphatic rings. The van der Waals surface area contributed by atoms with Crippen LogP contribution in [-0.4, -0.2) is 25.9 Å². The zero-order valence-corrected chi connectivity index (χ0v) is 15.2. The lowest BCUT2D eigenvalue weighted by Crippen LogP contribution is -2.18. The summed E-state index contributed by atoms with van der Waals surface area (Å²) in [4.78, 5) is 16.6. The molecule has 4 nitrogen and oxygen atoms in total.